The summed E-state index contributed by atoms with van der Waals surface area (Å²) in [7, 11) is 4.29. The Morgan fingerprint density at radius 1 is 1.31 bits per heavy atom. The fourth-order valence-corrected chi connectivity index (χ4v) is 3.22. The number of halogens is 1. The Morgan fingerprint density at radius 2 is 2.00 bits per heavy atom. The topological polar surface area (TPSA) is 3.01 Å². The first kappa shape index (κ1) is 11.8. The molecule has 0 heterocycles. The molecule has 1 fully saturated rings. The van der Waals surface area contributed by atoms with E-state index in [1.807, 2.05) is 0 Å². The second kappa shape index (κ2) is 3.99. The van der Waals surface area contributed by atoms with Crippen LogP contribution in [0.4, 0.5) is 0 Å². The van der Waals surface area contributed by atoms with Crippen LogP contribution in [-0.2, 0) is 0 Å². The normalized spacial score (nSPS) is 22.8. The first-order valence-corrected chi connectivity index (χ1v) is 6.51. The third-order valence-corrected chi connectivity index (χ3v) is 4.30. The molecule has 1 unspecified atom stereocenters. The van der Waals surface area contributed by atoms with Gasteiger partial charge in [-0.05, 0) is 31.5 Å². The molecule has 0 aliphatic heterocycles. The minimum atomic E-state index is 0.296. The SMILES string of the molecule is C[N+](C)=C1CC(c2cccc(Br)c2)C1(C)C. The monoisotopic (exact) mass is 280 g/mol. The number of benzene rings is 1. The van der Waals surface area contributed by atoms with Gasteiger partial charge in [0.15, 0.2) is 5.71 Å². The van der Waals surface area contributed by atoms with Crippen LogP contribution in [0.2, 0.25) is 0 Å². The molecule has 0 aromatic heterocycles. The molecule has 86 valence electrons. The molecular formula is C14H19BrN+. The van der Waals surface area contributed by atoms with Crippen molar-refractivity contribution in [2.75, 3.05) is 14.1 Å². The lowest BCUT2D eigenvalue weighted by atomic mass is 9.58. The van der Waals surface area contributed by atoms with Gasteiger partial charge < -0.3 is 0 Å². The molecule has 0 bridgehead atoms. The van der Waals surface area contributed by atoms with Crippen LogP contribution in [0.3, 0.4) is 0 Å². The fraction of sp³-hybridized carbons (Fsp3) is 0.500. The molecule has 1 aliphatic carbocycles. The van der Waals surface area contributed by atoms with Crippen molar-refractivity contribution in [1.82, 2.24) is 0 Å². The molecule has 1 atom stereocenters. The third kappa shape index (κ3) is 1.84. The van der Waals surface area contributed by atoms with E-state index in [0.717, 1.165) is 0 Å². The minimum absolute atomic E-state index is 0.296. The molecule has 0 N–H and O–H groups in total. The van der Waals surface area contributed by atoms with Gasteiger partial charge in [-0.1, -0.05) is 28.1 Å². The predicted molar refractivity (Wildman–Crippen MR) is 72.4 cm³/mol. The van der Waals surface area contributed by atoms with Crippen molar-refractivity contribution in [3.8, 4) is 0 Å². The Balaban J connectivity index is 2.31. The molecule has 2 heteroatoms. The van der Waals surface area contributed by atoms with E-state index in [1.54, 1.807) is 5.71 Å². The van der Waals surface area contributed by atoms with Crippen LogP contribution in [0, 0.1) is 5.41 Å². The van der Waals surface area contributed by atoms with Crippen LogP contribution in [0.15, 0.2) is 28.7 Å². The zero-order valence-electron chi connectivity index (χ0n) is 10.4. The average molecular weight is 281 g/mol. The molecule has 1 aromatic rings. The molecule has 1 saturated carbocycles. The van der Waals surface area contributed by atoms with E-state index < -0.39 is 0 Å². The van der Waals surface area contributed by atoms with E-state index in [4.69, 9.17) is 0 Å². The van der Waals surface area contributed by atoms with Crippen molar-refractivity contribution in [2.24, 2.45) is 5.41 Å². The zero-order valence-corrected chi connectivity index (χ0v) is 12.0. The third-order valence-electron chi connectivity index (χ3n) is 3.80. The highest BCUT2D eigenvalue weighted by molar-refractivity contribution is 9.10. The first-order chi connectivity index (χ1) is 7.43. The maximum absolute atomic E-state index is 3.55. The Morgan fingerprint density at radius 3 is 2.50 bits per heavy atom. The van der Waals surface area contributed by atoms with E-state index in [9.17, 15) is 0 Å². The number of hydrogen-bond donors (Lipinski definition) is 0. The molecule has 0 saturated heterocycles. The summed E-state index contributed by atoms with van der Waals surface area (Å²) in [4.78, 5) is 0. The summed E-state index contributed by atoms with van der Waals surface area (Å²) < 4.78 is 3.45. The molecule has 0 amide bonds. The van der Waals surface area contributed by atoms with Crippen LogP contribution in [0.5, 0.6) is 0 Å². The van der Waals surface area contributed by atoms with Gasteiger partial charge in [0.05, 0.1) is 5.41 Å². The molecule has 2 rings (SSSR count). The second-order valence-corrected chi connectivity index (χ2v) is 6.29. The molecule has 1 aromatic carbocycles. The maximum atomic E-state index is 3.55. The van der Waals surface area contributed by atoms with Crippen LogP contribution in [0.25, 0.3) is 0 Å². The summed E-state index contributed by atoms with van der Waals surface area (Å²) in [6, 6.07) is 8.71. The number of hydrogen-bond acceptors (Lipinski definition) is 0. The molecule has 16 heavy (non-hydrogen) atoms. The standard InChI is InChI=1S/C14H19BrN/c1-14(2)12(9-13(14)16(3)4)10-6-5-7-11(15)8-10/h5-8,12H,9H2,1-4H3/q+1. The van der Waals surface area contributed by atoms with Gasteiger partial charge in [-0.15, -0.1) is 0 Å². The van der Waals surface area contributed by atoms with Gasteiger partial charge in [-0.25, -0.2) is 4.58 Å². The van der Waals surface area contributed by atoms with Crippen LogP contribution in [-0.4, -0.2) is 24.4 Å². The quantitative estimate of drug-likeness (QED) is 0.691. The van der Waals surface area contributed by atoms with Gasteiger partial charge in [0.1, 0.15) is 14.1 Å². The van der Waals surface area contributed by atoms with E-state index in [0.29, 0.717) is 11.3 Å². The van der Waals surface area contributed by atoms with Crippen LogP contribution in [0.1, 0.15) is 31.7 Å². The Bertz CT molecular complexity index is 442. The van der Waals surface area contributed by atoms with Crippen LogP contribution < -0.4 is 0 Å². The summed E-state index contributed by atoms with van der Waals surface area (Å²) in [6.45, 7) is 4.69. The number of nitrogens with zero attached hydrogens (tertiary/aromatic N) is 1. The van der Waals surface area contributed by atoms with Gasteiger partial charge >= 0.3 is 0 Å². The number of rotatable bonds is 1. The Kier molecular flexibility index (Phi) is 2.95. The second-order valence-electron chi connectivity index (χ2n) is 5.37. The minimum Gasteiger partial charge on any atom is -0.242 e. The maximum Gasteiger partial charge on any atom is 0.158 e. The highest BCUT2D eigenvalue weighted by atomic mass is 79.9. The van der Waals surface area contributed by atoms with Gasteiger partial charge in [-0.3, -0.25) is 0 Å². The lowest BCUT2D eigenvalue weighted by Gasteiger charge is -2.43. The summed E-state index contributed by atoms with van der Waals surface area (Å²) in [6.07, 6.45) is 1.19. The highest BCUT2D eigenvalue weighted by Gasteiger charge is 2.50. The summed E-state index contributed by atoms with van der Waals surface area (Å²) >= 11 is 3.55. The van der Waals surface area contributed by atoms with E-state index in [1.165, 1.54) is 16.5 Å². The Hall–Kier alpha value is -0.630. The van der Waals surface area contributed by atoms with Crippen molar-refractivity contribution in [3.63, 3.8) is 0 Å². The van der Waals surface area contributed by atoms with E-state index in [2.05, 4.69) is 72.7 Å². The van der Waals surface area contributed by atoms with Crippen molar-refractivity contribution >= 4 is 21.6 Å². The molecule has 0 spiro atoms. The van der Waals surface area contributed by atoms with Crippen LogP contribution >= 0.6 is 15.9 Å². The van der Waals surface area contributed by atoms with E-state index in [-0.39, 0.29) is 0 Å². The van der Waals surface area contributed by atoms with Gasteiger partial charge in [0, 0.05) is 16.8 Å². The van der Waals surface area contributed by atoms with Crippen molar-refractivity contribution in [3.05, 3.63) is 34.3 Å². The molecule has 1 nitrogen and oxygen atoms in total. The lowest BCUT2D eigenvalue weighted by molar-refractivity contribution is -0.473. The van der Waals surface area contributed by atoms with Gasteiger partial charge in [0.2, 0.25) is 0 Å². The summed E-state index contributed by atoms with van der Waals surface area (Å²) in [5, 5.41) is 0. The summed E-state index contributed by atoms with van der Waals surface area (Å²) in [5.41, 5.74) is 3.30. The zero-order chi connectivity index (χ0) is 11.9. The van der Waals surface area contributed by atoms with Crippen molar-refractivity contribution in [1.29, 1.82) is 0 Å². The van der Waals surface area contributed by atoms with E-state index >= 15 is 0 Å². The highest BCUT2D eigenvalue weighted by Crippen LogP contribution is 2.50. The molecular weight excluding hydrogens is 262 g/mol. The predicted octanol–water partition coefficient (Wildman–Crippen LogP) is 3.68. The first-order valence-electron chi connectivity index (χ1n) is 5.72. The summed E-state index contributed by atoms with van der Waals surface area (Å²) in [5.74, 6) is 0.655. The van der Waals surface area contributed by atoms with Crippen molar-refractivity contribution in [2.45, 2.75) is 26.2 Å². The fourth-order valence-electron chi connectivity index (χ4n) is 2.80. The largest absolute Gasteiger partial charge is 0.242 e. The molecule has 0 radical (unpaired) electrons. The Labute approximate surface area is 106 Å². The van der Waals surface area contributed by atoms with Crippen molar-refractivity contribution < 1.29 is 4.58 Å². The smallest absolute Gasteiger partial charge is 0.158 e. The van der Waals surface area contributed by atoms with Gasteiger partial charge in [0.25, 0.3) is 0 Å². The average Bonchev–Trinajstić information content (AvgIpc) is 2.15. The molecule has 1 aliphatic rings. The lowest BCUT2D eigenvalue weighted by Crippen LogP contribution is -2.47. The van der Waals surface area contributed by atoms with Gasteiger partial charge in [-0.2, -0.15) is 0 Å².